The lowest BCUT2D eigenvalue weighted by Crippen LogP contribution is -2.15. The quantitative estimate of drug-likeness (QED) is 0.423. The number of hydrogen-bond donors (Lipinski definition) is 3. The highest BCUT2D eigenvalue weighted by molar-refractivity contribution is 6.03. The topological polar surface area (TPSA) is 85.4 Å². The Bertz CT molecular complexity index is 1150. The van der Waals surface area contributed by atoms with Gasteiger partial charge in [-0.05, 0) is 33.7 Å². The zero-order chi connectivity index (χ0) is 20.9. The van der Waals surface area contributed by atoms with Crippen molar-refractivity contribution in [1.29, 1.82) is 0 Å². The van der Waals surface area contributed by atoms with Gasteiger partial charge in [-0.3, -0.25) is 9.98 Å². The molecule has 0 fully saturated rings. The molecule has 0 aliphatic carbocycles. The van der Waals surface area contributed by atoms with Crippen LogP contribution in [0.25, 0.3) is 21.5 Å². The molecule has 0 aromatic heterocycles. The van der Waals surface area contributed by atoms with Gasteiger partial charge in [0.25, 0.3) is 0 Å². The van der Waals surface area contributed by atoms with E-state index in [0.717, 1.165) is 21.5 Å². The van der Waals surface area contributed by atoms with Crippen molar-refractivity contribution in [2.45, 2.75) is 6.10 Å². The fourth-order valence-electron chi connectivity index (χ4n) is 3.43. The Morgan fingerprint density at radius 3 is 1.53 bits per heavy atom. The molecule has 4 rings (SSSR count). The van der Waals surface area contributed by atoms with Gasteiger partial charge in [-0.1, -0.05) is 60.7 Å². The Labute approximate surface area is 174 Å². The van der Waals surface area contributed by atoms with Gasteiger partial charge < -0.3 is 15.3 Å². The fourth-order valence-corrected chi connectivity index (χ4v) is 3.43. The molecule has 4 aromatic rings. The molecule has 5 heteroatoms. The lowest BCUT2D eigenvalue weighted by atomic mass is 10.0. The monoisotopic (exact) mass is 398 g/mol. The average molecular weight is 398 g/mol. The number of aliphatic imine (C=N–C) groups is 2. The van der Waals surface area contributed by atoms with E-state index in [0.29, 0.717) is 11.1 Å². The molecule has 0 spiro atoms. The summed E-state index contributed by atoms with van der Waals surface area (Å²) in [5.41, 5.74) is 1.26. The predicted octanol–water partition coefficient (Wildman–Crippen LogP) is 4.30. The Kier molecular flexibility index (Phi) is 5.72. The molecule has 0 amide bonds. The number of benzene rings is 4. The number of phenolic OH excluding ortho intramolecular Hbond substituents is 2. The summed E-state index contributed by atoms with van der Waals surface area (Å²) in [6.45, 7) is 0.309. The lowest BCUT2D eigenvalue weighted by molar-refractivity contribution is 0.193. The maximum atomic E-state index is 10.2. The minimum atomic E-state index is -0.772. The zero-order valence-corrected chi connectivity index (χ0v) is 16.3. The fraction of sp³-hybridized carbons (Fsp3) is 0.120. The van der Waals surface area contributed by atoms with Gasteiger partial charge in [0.15, 0.2) is 0 Å². The summed E-state index contributed by atoms with van der Waals surface area (Å²) >= 11 is 0. The molecule has 0 aliphatic heterocycles. The number of aliphatic hydroxyl groups is 1. The van der Waals surface area contributed by atoms with Crippen molar-refractivity contribution in [3.05, 3.63) is 83.9 Å². The van der Waals surface area contributed by atoms with Gasteiger partial charge in [-0.25, -0.2) is 0 Å². The summed E-state index contributed by atoms with van der Waals surface area (Å²) in [6, 6.07) is 22.5. The number of aromatic hydroxyl groups is 2. The van der Waals surface area contributed by atoms with Crippen molar-refractivity contribution < 1.29 is 15.3 Å². The van der Waals surface area contributed by atoms with Gasteiger partial charge in [0.1, 0.15) is 11.5 Å². The summed E-state index contributed by atoms with van der Waals surface area (Å²) in [5.74, 6) is 0.299. The smallest absolute Gasteiger partial charge is 0.124 e. The van der Waals surface area contributed by atoms with Crippen molar-refractivity contribution in [3.63, 3.8) is 0 Å². The Hall–Kier alpha value is -3.70. The molecule has 3 N–H and O–H groups in total. The first-order valence-corrected chi connectivity index (χ1v) is 9.72. The molecule has 150 valence electrons. The molecule has 0 aliphatic rings. The number of phenols is 2. The average Bonchev–Trinajstić information content (AvgIpc) is 2.77. The molecule has 5 nitrogen and oxygen atoms in total. The van der Waals surface area contributed by atoms with Crippen LogP contribution in [-0.2, 0) is 0 Å². The normalized spacial score (nSPS) is 13.0. The molecule has 4 aromatic carbocycles. The van der Waals surface area contributed by atoms with Crippen molar-refractivity contribution >= 4 is 34.0 Å². The van der Waals surface area contributed by atoms with Crippen molar-refractivity contribution in [1.82, 2.24) is 0 Å². The molecule has 30 heavy (non-hydrogen) atoms. The maximum absolute atomic E-state index is 10.2. The molecule has 0 heterocycles. The third-order valence-corrected chi connectivity index (χ3v) is 4.97. The first kappa shape index (κ1) is 19.6. The van der Waals surface area contributed by atoms with Crippen LogP contribution in [0.3, 0.4) is 0 Å². The highest BCUT2D eigenvalue weighted by Crippen LogP contribution is 2.26. The van der Waals surface area contributed by atoms with Crippen LogP contribution in [0.2, 0.25) is 0 Å². The van der Waals surface area contributed by atoms with E-state index in [1.165, 1.54) is 0 Å². The summed E-state index contributed by atoms with van der Waals surface area (Å²) in [7, 11) is 0. The number of fused-ring (bicyclic) bond motifs is 2. The van der Waals surface area contributed by atoms with Crippen LogP contribution in [0.1, 0.15) is 11.1 Å². The van der Waals surface area contributed by atoms with Crippen LogP contribution in [-0.4, -0.2) is 46.9 Å². The van der Waals surface area contributed by atoms with E-state index in [1.54, 1.807) is 24.6 Å². The van der Waals surface area contributed by atoms with E-state index in [4.69, 9.17) is 0 Å². The van der Waals surface area contributed by atoms with E-state index in [-0.39, 0.29) is 24.6 Å². The van der Waals surface area contributed by atoms with Gasteiger partial charge in [-0.15, -0.1) is 0 Å². The first-order valence-electron chi connectivity index (χ1n) is 9.72. The molecule has 0 bridgehead atoms. The molecule has 0 saturated carbocycles. The predicted molar refractivity (Wildman–Crippen MR) is 122 cm³/mol. The SMILES string of the molecule is Oc1ccc2ccccc2c1C=NCC(O)CN=Cc1c(O)ccc2ccccc12. The zero-order valence-electron chi connectivity index (χ0n) is 16.3. The van der Waals surface area contributed by atoms with Crippen LogP contribution in [0, 0.1) is 0 Å². The van der Waals surface area contributed by atoms with E-state index in [1.807, 2.05) is 60.7 Å². The van der Waals surface area contributed by atoms with Crippen LogP contribution >= 0.6 is 0 Å². The third-order valence-electron chi connectivity index (χ3n) is 4.97. The number of rotatable bonds is 6. The van der Waals surface area contributed by atoms with Crippen LogP contribution < -0.4 is 0 Å². The largest absolute Gasteiger partial charge is 0.507 e. The number of aliphatic hydroxyl groups excluding tert-OH is 1. The second-order valence-corrected chi connectivity index (χ2v) is 7.08. The van der Waals surface area contributed by atoms with Crippen LogP contribution in [0.5, 0.6) is 11.5 Å². The van der Waals surface area contributed by atoms with E-state index < -0.39 is 6.10 Å². The minimum Gasteiger partial charge on any atom is -0.507 e. The summed E-state index contributed by atoms with van der Waals surface area (Å²) in [6.07, 6.45) is 2.40. The van der Waals surface area contributed by atoms with Gasteiger partial charge in [0.2, 0.25) is 0 Å². The summed E-state index contributed by atoms with van der Waals surface area (Å²) in [5, 5.41) is 34.4. The highest BCUT2D eigenvalue weighted by atomic mass is 16.3. The summed E-state index contributed by atoms with van der Waals surface area (Å²) in [4.78, 5) is 8.57. The molecule has 0 radical (unpaired) electrons. The number of nitrogens with zero attached hydrogens (tertiary/aromatic N) is 2. The molecule has 0 unspecified atom stereocenters. The molecular formula is C25H22N2O3. The highest BCUT2D eigenvalue weighted by Gasteiger charge is 2.07. The van der Waals surface area contributed by atoms with Crippen molar-refractivity contribution in [2.24, 2.45) is 9.98 Å². The van der Waals surface area contributed by atoms with E-state index in [2.05, 4.69) is 9.98 Å². The minimum absolute atomic E-state index is 0.149. The second kappa shape index (κ2) is 8.76. The third kappa shape index (κ3) is 4.16. The van der Waals surface area contributed by atoms with E-state index in [9.17, 15) is 15.3 Å². The summed E-state index contributed by atoms with van der Waals surface area (Å²) < 4.78 is 0. The Morgan fingerprint density at radius 1 is 0.633 bits per heavy atom. The van der Waals surface area contributed by atoms with Crippen molar-refractivity contribution in [3.8, 4) is 11.5 Å². The second-order valence-electron chi connectivity index (χ2n) is 7.08. The molecular weight excluding hydrogens is 376 g/mol. The van der Waals surface area contributed by atoms with Gasteiger partial charge in [-0.2, -0.15) is 0 Å². The van der Waals surface area contributed by atoms with Crippen molar-refractivity contribution in [2.75, 3.05) is 13.1 Å². The standard InChI is InChI=1S/C25H22N2O3/c28-19(13-26-15-22-20-7-3-1-5-17(20)9-11-24(22)29)14-27-16-23-21-8-4-2-6-18(21)10-12-25(23)30/h1-12,15-16,19,28-30H,13-14H2. The Balaban J connectivity index is 1.44. The van der Waals surface area contributed by atoms with Gasteiger partial charge in [0.05, 0.1) is 19.2 Å². The number of hydrogen-bond acceptors (Lipinski definition) is 5. The van der Waals surface area contributed by atoms with Gasteiger partial charge >= 0.3 is 0 Å². The first-order chi connectivity index (χ1) is 14.6. The lowest BCUT2D eigenvalue weighted by Gasteiger charge is -2.07. The molecule has 0 saturated heterocycles. The Morgan fingerprint density at radius 2 is 1.07 bits per heavy atom. The van der Waals surface area contributed by atoms with Crippen LogP contribution in [0.4, 0.5) is 0 Å². The maximum Gasteiger partial charge on any atom is 0.124 e. The van der Waals surface area contributed by atoms with Gasteiger partial charge in [0, 0.05) is 23.6 Å². The van der Waals surface area contributed by atoms with Crippen LogP contribution in [0.15, 0.2) is 82.8 Å². The molecule has 0 atom stereocenters. The van der Waals surface area contributed by atoms with E-state index >= 15 is 0 Å².